The summed E-state index contributed by atoms with van der Waals surface area (Å²) in [5.74, 6) is -0.400. The zero-order valence-corrected chi connectivity index (χ0v) is 17.1. The second kappa shape index (κ2) is 8.00. The molecule has 2 aliphatic heterocycles. The lowest BCUT2D eigenvalue weighted by molar-refractivity contribution is 0.246. The van der Waals surface area contributed by atoms with Gasteiger partial charge in [-0.2, -0.15) is 0 Å². The van der Waals surface area contributed by atoms with Crippen molar-refractivity contribution in [3.8, 4) is 17.0 Å². The highest BCUT2D eigenvalue weighted by molar-refractivity contribution is 6.03. The minimum Gasteiger partial charge on any atom is -0.504 e. The van der Waals surface area contributed by atoms with Crippen molar-refractivity contribution in [1.82, 2.24) is 14.9 Å². The fourth-order valence-corrected chi connectivity index (χ4v) is 4.10. The number of rotatable bonds is 3. The molecule has 0 spiro atoms. The SMILES string of the molecule is CC1=CN(c2nc(-c3ccnc(N)c3F)ccc2O)C(N)N=C1C1CCCN(C)C1. The first-order valence-corrected chi connectivity index (χ1v) is 9.94. The average molecular weight is 411 g/mol. The number of hydrogen-bond acceptors (Lipinski definition) is 8. The number of anilines is 2. The molecule has 0 bridgehead atoms. The Bertz CT molecular complexity index is 1020. The Morgan fingerprint density at radius 1 is 1.27 bits per heavy atom. The third-order valence-electron chi connectivity index (χ3n) is 5.60. The van der Waals surface area contributed by atoms with Crippen LogP contribution < -0.4 is 16.4 Å². The van der Waals surface area contributed by atoms with Crippen LogP contribution in [-0.4, -0.2) is 52.1 Å². The fraction of sp³-hybridized carbons (Fsp3) is 0.381. The van der Waals surface area contributed by atoms with E-state index in [4.69, 9.17) is 16.5 Å². The zero-order valence-electron chi connectivity index (χ0n) is 17.1. The van der Waals surface area contributed by atoms with Gasteiger partial charge >= 0.3 is 0 Å². The first-order chi connectivity index (χ1) is 14.3. The molecular formula is C21H26FN7O. The van der Waals surface area contributed by atoms with Crippen LogP contribution in [-0.2, 0) is 0 Å². The molecule has 2 aliphatic rings. The van der Waals surface area contributed by atoms with Crippen LogP contribution in [0.2, 0.25) is 0 Å². The molecule has 5 N–H and O–H groups in total. The first-order valence-electron chi connectivity index (χ1n) is 9.94. The monoisotopic (exact) mass is 411 g/mol. The third kappa shape index (κ3) is 3.73. The fourth-order valence-electron chi connectivity index (χ4n) is 4.10. The van der Waals surface area contributed by atoms with E-state index in [2.05, 4.69) is 21.9 Å². The molecule has 4 heterocycles. The van der Waals surface area contributed by atoms with Gasteiger partial charge in [0.15, 0.2) is 29.5 Å². The Hall–Kier alpha value is -3.04. The molecule has 0 radical (unpaired) electrons. The number of aromatic hydroxyl groups is 1. The molecule has 2 unspecified atom stereocenters. The zero-order chi connectivity index (χ0) is 21.4. The maximum absolute atomic E-state index is 14.4. The molecule has 4 rings (SSSR count). The van der Waals surface area contributed by atoms with Gasteiger partial charge < -0.3 is 15.7 Å². The summed E-state index contributed by atoms with van der Waals surface area (Å²) in [4.78, 5) is 16.8. The van der Waals surface area contributed by atoms with Crippen molar-refractivity contribution in [3.63, 3.8) is 0 Å². The second-order valence-electron chi connectivity index (χ2n) is 7.85. The van der Waals surface area contributed by atoms with Crippen LogP contribution in [0.5, 0.6) is 5.75 Å². The molecule has 30 heavy (non-hydrogen) atoms. The van der Waals surface area contributed by atoms with Crippen LogP contribution in [0.3, 0.4) is 0 Å². The van der Waals surface area contributed by atoms with Gasteiger partial charge in [0.1, 0.15) is 0 Å². The second-order valence-corrected chi connectivity index (χ2v) is 7.85. The van der Waals surface area contributed by atoms with Crippen molar-refractivity contribution in [3.05, 3.63) is 42.0 Å². The Morgan fingerprint density at radius 3 is 2.83 bits per heavy atom. The Balaban J connectivity index is 1.67. The number of piperidine rings is 1. The summed E-state index contributed by atoms with van der Waals surface area (Å²) < 4.78 is 14.4. The molecule has 0 aliphatic carbocycles. The van der Waals surface area contributed by atoms with Crippen LogP contribution in [0.1, 0.15) is 19.8 Å². The number of allylic oxidation sites excluding steroid dienone is 1. The van der Waals surface area contributed by atoms with Crippen LogP contribution in [0.4, 0.5) is 16.0 Å². The molecular weight excluding hydrogens is 385 g/mol. The van der Waals surface area contributed by atoms with Crippen molar-refractivity contribution < 1.29 is 9.50 Å². The molecule has 0 saturated carbocycles. The van der Waals surface area contributed by atoms with Gasteiger partial charge in [0.05, 0.1) is 5.69 Å². The van der Waals surface area contributed by atoms with Crippen LogP contribution in [0, 0.1) is 11.7 Å². The molecule has 2 aromatic heterocycles. The van der Waals surface area contributed by atoms with Crippen molar-refractivity contribution in [2.24, 2.45) is 16.6 Å². The summed E-state index contributed by atoms with van der Waals surface area (Å²) in [5, 5.41) is 10.4. The quantitative estimate of drug-likeness (QED) is 0.709. The minimum atomic E-state index is -0.739. The Morgan fingerprint density at radius 2 is 2.07 bits per heavy atom. The largest absolute Gasteiger partial charge is 0.504 e. The summed E-state index contributed by atoms with van der Waals surface area (Å²) in [5.41, 5.74) is 14.4. The maximum atomic E-state index is 14.4. The van der Waals surface area contributed by atoms with Crippen LogP contribution in [0.25, 0.3) is 11.3 Å². The van der Waals surface area contributed by atoms with Crippen molar-refractivity contribution >= 4 is 17.3 Å². The maximum Gasteiger partial charge on any atom is 0.179 e. The van der Waals surface area contributed by atoms with E-state index in [0.29, 0.717) is 11.6 Å². The minimum absolute atomic E-state index is 0.0725. The van der Waals surface area contributed by atoms with E-state index in [1.54, 1.807) is 4.90 Å². The molecule has 158 valence electrons. The van der Waals surface area contributed by atoms with Gasteiger partial charge in [-0.05, 0) is 57.1 Å². The predicted octanol–water partition coefficient (Wildman–Crippen LogP) is 2.32. The molecule has 1 saturated heterocycles. The summed E-state index contributed by atoms with van der Waals surface area (Å²) in [6.45, 7) is 4.01. The molecule has 0 amide bonds. The van der Waals surface area contributed by atoms with E-state index in [0.717, 1.165) is 37.2 Å². The normalized spacial score (nSPS) is 22.6. The van der Waals surface area contributed by atoms with E-state index in [9.17, 15) is 9.50 Å². The molecule has 2 atom stereocenters. The summed E-state index contributed by atoms with van der Waals surface area (Å²) >= 11 is 0. The lowest BCUT2D eigenvalue weighted by Gasteiger charge is -2.35. The highest BCUT2D eigenvalue weighted by Gasteiger charge is 2.29. The van der Waals surface area contributed by atoms with Crippen LogP contribution in [0.15, 0.2) is 41.2 Å². The summed E-state index contributed by atoms with van der Waals surface area (Å²) in [6.07, 6.45) is 4.72. The lowest BCUT2D eigenvalue weighted by atomic mass is 9.89. The van der Waals surface area contributed by atoms with Gasteiger partial charge in [0, 0.05) is 36.1 Å². The number of aromatic nitrogens is 2. The number of hydrogen-bond donors (Lipinski definition) is 3. The molecule has 0 aromatic carbocycles. The van der Waals surface area contributed by atoms with Gasteiger partial charge in [0.25, 0.3) is 0 Å². The highest BCUT2D eigenvalue weighted by Crippen LogP contribution is 2.34. The number of pyridine rings is 2. The lowest BCUT2D eigenvalue weighted by Crippen LogP contribution is -2.44. The summed E-state index contributed by atoms with van der Waals surface area (Å²) in [6, 6.07) is 4.47. The van der Waals surface area contributed by atoms with Gasteiger partial charge in [-0.25, -0.2) is 19.4 Å². The summed E-state index contributed by atoms with van der Waals surface area (Å²) in [7, 11) is 2.11. The number of halogens is 1. The van der Waals surface area contributed by atoms with Crippen molar-refractivity contribution in [2.45, 2.75) is 26.1 Å². The molecule has 8 nitrogen and oxygen atoms in total. The van der Waals surface area contributed by atoms with E-state index in [1.165, 1.54) is 24.4 Å². The topological polar surface area (TPSA) is 117 Å². The number of likely N-dealkylation sites (tertiary alicyclic amines) is 1. The smallest absolute Gasteiger partial charge is 0.179 e. The van der Waals surface area contributed by atoms with Crippen molar-refractivity contribution in [1.29, 1.82) is 0 Å². The number of nitrogens with zero attached hydrogens (tertiary/aromatic N) is 5. The van der Waals surface area contributed by atoms with Gasteiger partial charge in [-0.15, -0.1) is 0 Å². The van der Waals surface area contributed by atoms with Crippen molar-refractivity contribution in [2.75, 3.05) is 30.8 Å². The third-order valence-corrected chi connectivity index (χ3v) is 5.60. The first kappa shape index (κ1) is 20.2. The molecule has 9 heteroatoms. The molecule has 2 aromatic rings. The van der Waals surface area contributed by atoms with Crippen LogP contribution >= 0.6 is 0 Å². The van der Waals surface area contributed by atoms with Gasteiger partial charge in [-0.1, -0.05) is 0 Å². The van der Waals surface area contributed by atoms with Gasteiger partial charge in [-0.3, -0.25) is 10.6 Å². The number of aliphatic imine (C=N–C) groups is 1. The predicted molar refractivity (Wildman–Crippen MR) is 115 cm³/mol. The van der Waals surface area contributed by atoms with E-state index in [-0.39, 0.29) is 22.9 Å². The van der Waals surface area contributed by atoms with Gasteiger partial charge in [0.2, 0.25) is 0 Å². The molecule has 1 fully saturated rings. The van der Waals surface area contributed by atoms with E-state index < -0.39 is 12.1 Å². The Labute approximate surface area is 174 Å². The standard InChI is InChI=1S/C21H26FN7O/c1-12-10-29(21(24)27-18(12)13-4-3-9-28(2)11-13)20-16(30)6-5-15(26-20)14-7-8-25-19(23)17(14)22/h5-8,10,13,21,30H,3-4,9,11,24H2,1-2H3,(H2,23,25). The highest BCUT2D eigenvalue weighted by atomic mass is 19.1. The average Bonchev–Trinajstić information content (AvgIpc) is 2.72. The number of nitrogen functional groups attached to an aromatic ring is 1. The van der Waals surface area contributed by atoms with E-state index >= 15 is 0 Å². The number of nitrogens with two attached hydrogens (primary N) is 2. The van der Waals surface area contributed by atoms with E-state index in [1.807, 2.05) is 13.1 Å². The Kier molecular flexibility index (Phi) is 5.40.